The number of carboxylic acid groups (broad SMARTS) is 1. The van der Waals surface area contributed by atoms with Crippen LogP contribution in [0.25, 0.3) is 0 Å². The standard InChI is InChI=1S/C25H26F6N2O3/c1-14-5-4-6-16(21(14)33-13-23(3,22(35)36)12-20(33)34)8-7-15(2)32-19-10-17(24(26,27)28)9-18(11-19)25(29,30)31/h4-6,9-11,15,32H,7-8,12-13H2,1-3H3,(H,35,36). The Labute approximate surface area is 204 Å². The average Bonchev–Trinajstić information content (AvgIpc) is 3.06. The summed E-state index contributed by atoms with van der Waals surface area (Å²) < 4.78 is 78.9. The summed E-state index contributed by atoms with van der Waals surface area (Å²) in [6, 6.07) is 6.16. The maximum atomic E-state index is 13.1. The zero-order valence-corrected chi connectivity index (χ0v) is 19.8. The van der Waals surface area contributed by atoms with E-state index in [2.05, 4.69) is 5.32 Å². The number of rotatable bonds is 7. The fourth-order valence-corrected chi connectivity index (χ4v) is 4.34. The Bertz CT molecular complexity index is 1130. The molecule has 1 amide bonds. The third kappa shape index (κ3) is 5.93. The third-order valence-electron chi connectivity index (χ3n) is 6.30. The predicted molar refractivity (Wildman–Crippen MR) is 122 cm³/mol. The number of hydrogen-bond donors (Lipinski definition) is 2. The van der Waals surface area contributed by atoms with Gasteiger partial charge in [0.1, 0.15) is 0 Å². The highest BCUT2D eigenvalue weighted by Gasteiger charge is 2.46. The van der Waals surface area contributed by atoms with Gasteiger partial charge in [-0.25, -0.2) is 0 Å². The molecule has 1 aliphatic rings. The van der Waals surface area contributed by atoms with Crippen molar-refractivity contribution in [3.8, 4) is 0 Å². The number of benzene rings is 2. The highest BCUT2D eigenvalue weighted by molar-refractivity contribution is 6.01. The Morgan fingerprint density at radius 2 is 1.69 bits per heavy atom. The Kier molecular flexibility index (Phi) is 7.34. The number of nitrogens with zero attached hydrogens (tertiary/aromatic N) is 1. The van der Waals surface area contributed by atoms with E-state index >= 15 is 0 Å². The van der Waals surface area contributed by atoms with Gasteiger partial charge >= 0.3 is 18.3 Å². The van der Waals surface area contributed by atoms with Crippen LogP contribution in [-0.2, 0) is 28.4 Å². The molecule has 2 aromatic carbocycles. The number of carbonyl (C=O) groups excluding carboxylic acids is 1. The van der Waals surface area contributed by atoms with Gasteiger partial charge in [-0.2, -0.15) is 26.3 Å². The predicted octanol–water partition coefficient (Wildman–Crippen LogP) is 6.29. The number of aliphatic carboxylic acids is 1. The van der Waals surface area contributed by atoms with E-state index in [0.29, 0.717) is 30.7 Å². The number of nitrogens with one attached hydrogen (secondary N) is 1. The van der Waals surface area contributed by atoms with Crippen LogP contribution in [0.5, 0.6) is 0 Å². The van der Waals surface area contributed by atoms with Crippen LogP contribution < -0.4 is 10.2 Å². The molecule has 2 atom stereocenters. The summed E-state index contributed by atoms with van der Waals surface area (Å²) in [7, 11) is 0. The van der Waals surface area contributed by atoms with Crippen LogP contribution in [0.3, 0.4) is 0 Å². The molecule has 0 bridgehead atoms. The molecule has 0 aromatic heterocycles. The number of aryl methyl sites for hydroxylation is 2. The number of amides is 1. The zero-order valence-electron chi connectivity index (χ0n) is 19.8. The Morgan fingerprint density at radius 3 is 2.19 bits per heavy atom. The second-order valence-electron chi connectivity index (χ2n) is 9.48. The van der Waals surface area contributed by atoms with Crippen molar-refractivity contribution < 1.29 is 41.0 Å². The topological polar surface area (TPSA) is 69.6 Å². The molecule has 0 aliphatic carbocycles. The number of anilines is 2. The van der Waals surface area contributed by atoms with Crippen molar-refractivity contribution in [3.05, 3.63) is 58.7 Å². The molecular formula is C25H26F6N2O3. The smallest absolute Gasteiger partial charge is 0.416 e. The highest BCUT2D eigenvalue weighted by atomic mass is 19.4. The summed E-state index contributed by atoms with van der Waals surface area (Å²) in [5.41, 5.74) is -2.27. The summed E-state index contributed by atoms with van der Waals surface area (Å²) in [5, 5.41) is 12.2. The molecule has 5 nitrogen and oxygen atoms in total. The van der Waals surface area contributed by atoms with E-state index in [1.165, 1.54) is 11.8 Å². The fraction of sp³-hybridized carbons (Fsp3) is 0.440. The number of carbonyl (C=O) groups is 2. The molecule has 1 aliphatic heterocycles. The van der Waals surface area contributed by atoms with E-state index < -0.39 is 40.9 Å². The van der Waals surface area contributed by atoms with Gasteiger partial charge in [0.2, 0.25) is 5.91 Å². The van der Waals surface area contributed by atoms with Crippen molar-refractivity contribution in [2.45, 2.75) is 58.4 Å². The van der Waals surface area contributed by atoms with Gasteiger partial charge in [0.15, 0.2) is 0 Å². The van der Waals surface area contributed by atoms with Gasteiger partial charge in [-0.3, -0.25) is 9.59 Å². The molecule has 1 heterocycles. The van der Waals surface area contributed by atoms with Gasteiger partial charge in [0.05, 0.1) is 16.5 Å². The van der Waals surface area contributed by atoms with E-state index in [1.807, 2.05) is 0 Å². The van der Waals surface area contributed by atoms with Crippen molar-refractivity contribution in [2.75, 3.05) is 16.8 Å². The van der Waals surface area contributed by atoms with Gasteiger partial charge in [0, 0.05) is 30.4 Å². The van der Waals surface area contributed by atoms with Gasteiger partial charge in [-0.1, -0.05) is 18.2 Å². The summed E-state index contributed by atoms with van der Waals surface area (Å²) >= 11 is 0. The van der Waals surface area contributed by atoms with Crippen LogP contribution in [0.2, 0.25) is 0 Å². The zero-order chi connectivity index (χ0) is 27.1. The van der Waals surface area contributed by atoms with E-state index in [4.69, 9.17) is 0 Å². The molecule has 1 fully saturated rings. The van der Waals surface area contributed by atoms with Crippen LogP contribution in [0.1, 0.15) is 48.9 Å². The highest BCUT2D eigenvalue weighted by Crippen LogP contribution is 2.39. The summed E-state index contributed by atoms with van der Waals surface area (Å²) in [6.07, 6.45) is -9.35. The monoisotopic (exact) mass is 516 g/mol. The first-order valence-electron chi connectivity index (χ1n) is 11.2. The molecule has 2 aromatic rings. The van der Waals surface area contributed by atoms with Crippen LogP contribution in [0.15, 0.2) is 36.4 Å². The maximum Gasteiger partial charge on any atom is 0.416 e. The number of carboxylic acids is 1. The van der Waals surface area contributed by atoms with Gasteiger partial charge in [-0.05, 0) is 62.9 Å². The molecule has 0 spiro atoms. The van der Waals surface area contributed by atoms with E-state index in [-0.39, 0.29) is 30.6 Å². The summed E-state index contributed by atoms with van der Waals surface area (Å²) in [5.74, 6) is -1.41. The largest absolute Gasteiger partial charge is 0.481 e. The minimum atomic E-state index is -4.94. The molecule has 1 saturated heterocycles. The fourth-order valence-electron chi connectivity index (χ4n) is 4.34. The van der Waals surface area contributed by atoms with Crippen molar-refractivity contribution in [3.63, 3.8) is 0 Å². The van der Waals surface area contributed by atoms with Crippen molar-refractivity contribution in [2.24, 2.45) is 5.41 Å². The molecule has 196 valence electrons. The first-order chi connectivity index (χ1) is 16.5. The third-order valence-corrected chi connectivity index (χ3v) is 6.30. The molecule has 3 rings (SSSR count). The second kappa shape index (κ2) is 9.67. The van der Waals surface area contributed by atoms with E-state index in [1.54, 1.807) is 32.0 Å². The maximum absolute atomic E-state index is 13.1. The van der Waals surface area contributed by atoms with E-state index in [9.17, 15) is 41.0 Å². The Morgan fingerprint density at radius 1 is 1.11 bits per heavy atom. The van der Waals surface area contributed by atoms with Gasteiger partial charge in [-0.15, -0.1) is 0 Å². The molecule has 11 heteroatoms. The van der Waals surface area contributed by atoms with E-state index in [0.717, 1.165) is 11.1 Å². The number of alkyl halides is 6. The van der Waals surface area contributed by atoms with Gasteiger partial charge < -0.3 is 15.3 Å². The number of para-hydroxylation sites is 1. The lowest BCUT2D eigenvalue weighted by Crippen LogP contribution is -2.33. The lowest BCUT2D eigenvalue weighted by molar-refractivity contribution is -0.147. The minimum absolute atomic E-state index is 0.00270. The minimum Gasteiger partial charge on any atom is -0.481 e. The average molecular weight is 516 g/mol. The Balaban J connectivity index is 1.80. The first-order valence-corrected chi connectivity index (χ1v) is 11.2. The first kappa shape index (κ1) is 27.3. The molecule has 36 heavy (non-hydrogen) atoms. The van der Waals surface area contributed by atoms with Crippen LogP contribution in [0.4, 0.5) is 37.7 Å². The lowest BCUT2D eigenvalue weighted by Gasteiger charge is -2.25. The van der Waals surface area contributed by atoms with Crippen LogP contribution in [0, 0.1) is 12.3 Å². The quantitative estimate of drug-likeness (QED) is 0.424. The molecule has 2 N–H and O–H groups in total. The van der Waals surface area contributed by atoms with Crippen LogP contribution in [-0.4, -0.2) is 29.6 Å². The molecule has 0 saturated carbocycles. The summed E-state index contributed by atoms with van der Waals surface area (Å²) in [6.45, 7) is 4.91. The SMILES string of the molecule is Cc1cccc(CCC(C)Nc2cc(C(F)(F)F)cc(C(F)(F)F)c2)c1N1CC(C)(C(=O)O)CC1=O. The molecule has 0 radical (unpaired) electrons. The number of hydrogen-bond acceptors (Lipinski definition) is 3. The summed E-state index contributed by atoms with van der Waals surface area (Å²) in [4.78, 5) is 25.8. The van der Waals surface area contributed by atoms with Gasteiger partial charge in [0.25, 0.3) is 0 Å². The van der Waals surface area contributed by atoms with Crippen LogP contribution >= 0.6 is 0 Å². The molecule has 2 unspecified atom stereocenters. The number of halogens is 6. The van der Waals surface area contributed by atoms with Crippen molar-refractivity contribution >= 4 is 23.3 Å². The lowest BCUT2D eigenvalue weighted by atomic mass is 9.90. The Hall–Kier alpha value is -3.24. The normalized spacial score (nSPS) is 19.5. The van der Waals surface area contributed by atoms with Crippen molar-refractivity contribution in [1.29, 1.82) is 0 Å². The van der Waals surface area contributed by atoms with Crippen molar-refractivity contribution in [1.82, 2.24) is 0 Å². The second-order valence-corrected chi connectivity index (χ2v) is 9.48. The molecular weight excluding hydrogens is 490 g/mol.